The molecule has 0 saturated heterocycles. The minimum atomic E-state index is 0.487. The highest BCUT2D eigenvalue weighted by Crippen LogP contribution is 2.47. The quantitative estimate of drug-likeness (QED) is 0.588. The van der Waals surface area contributed by atoms with E-state index >= 15 is 0 Å². The number of fused-ring (bicyclic) bond motifs is 1. The summed E-state index contributed by atoms with van der Waals surface area (Å²) < 4.78 is 7.49. The molecule has 0 radical (unpaired) electrons. The molecule has 0 saturated carbocycles. The van der Waals surface area contributed by atoms with Gasteiger partial charge in [0.1, 0.15) is 5.75 Å². The lowest BCUT2D eigenvalue weighted by Crippen LogP contribution is -2.07. The van der Waals surface area contributed by atoms with Crippen molar-refractivity contribution in [3.8, 4) is 5.75 Å². The van der Waals surface area contributed by atoms with Crippen molar-refractivity contribution in [2.75, 3.05) is 12.9 Å². The average molecular weight is 345 g/mol. The molecular formula is C17H20N3OPS. The van der Waals surface area contributed by atoms with Crippen LogP contribution < -0.4 is 4.74 Å². The van der Waals surface area contributed by atoms with Crippen molar-refractivity contribution in [1.82, 2.24) is 14.5 Å². The molecule has 0 bridgehead atoms. The Hall–Kier alpha value is -1.58. The smallest absolute Gasteiger partial charge is 0.194 e. The molecular weight excluding hydrogens is 325 g/mol. The summed E-state index contributed by atoms with van der Waals surface area (Å²) in [5, 5.41) is 9.68. The fourth-order valence-electron chi connectivity index (χ4n) is 2.45. The topological polar surface area (TPSA) is 39.9 Å². The van der Waals surface area contributed by atoms with E-state index in [1.54, 1.807) is 18.9 Å². The van der Waals surface area contributed by atoms with E-state index in [0.29, 0.717) is 14.4 Å². The lowest BCUT2D eigenvalue weighted by molar-refractivity contribution is 0.414. The summed E-state index contributed by atoms with van der Waals surface area (Å²) in [5.41, 5.74) is 3.08. The van der Waals surface area contributed by atoms with Crippen molar-refractivity contribution in [2.45, 2.75) is 24.2 Å². The Bertz CT molecular complexity index is 724. The highest BCUT2D eigenvalue weighted by atomic mass is 32.2. The third-order valence-corrected chi connectivity index (χ3v) is 6.71. The second-order valence-corrected chi connectivity index (χ2v) is 7.82. The van der Waals surface area contributed by atoms with Crippen LogP contribution in [0.4, 0.5) is 0 Å². The predicted octanol–water partition coefficient (Wildman–Crippen LogP) is 4.55. The monoisotopic (exact) mass is 345 g/mol. The number of hydrogen-bond donors (Lipinski definition) is 0. The predicted molar refractivity (Wildman–Crippen MR) is 98.7 cm³/mol. The van der Waals surface area contributed by atoms with Gasteiger partial charge < -0.3 is 4.74 Å². The molecule has 4 nitrogen and oxygen atoms in total. The Morgan fingerprint density at radius 3 is 2.91 bits per heavy atom. The van der Waals surface area contributed by atoms with Gasteiger partial charge >= 0.3 is 0 Å². The molecule has 2 atom stereocenters. The summed E-state index contributed by atoms with van der Waals surface area (Å²) in [6, 6.07) is 8.37. The molecule has 2 unspecified atom stereocenters. The average Bonchev–Trinajstić information content (AvgIpc) is 2.97. The highest BCUT2D eigenvalue weighted by Gasteiger charge is 2.24. The van der Waals surface area contributed by atoms with Crippen molar-refractivity contribution in [3.63, 3.8) is 0 Å². The summed E-state index contributed by atoms with van der Waals surface area (Å²) >= 11 is 1.78. The van der Waals surface area contributed by atoms with E-state index in [9.17, 15) is 0 Å². The number of aromatic nitrogens is 3. The number of rotatable bonds is 5. The molecule has 0 amide bonds. The van der Waals surface area contributed by atoms with Crippen LogP contribution in [0.5, 0.6) is 5.75 Å². The van der Waals surface area contributed by atoms with E-state index < -0.39 is 0 Å². The van der Waals surface area contributed by atoms with Gasteiger partial charge in [-0.05, 0) is 45.8 Å². The number of nitrogens with zero attached hydrogens (tertiary/aromatic N) is 3. The molecule has 0 fully saturated rings. The van der Waals surface area contributed by atoms with Gasteiger partial charge in [0.05, 0.1) is 7.11 Å². The largest absolute Gasteiger partial charge is 0.497 e. The van der Waals surface area contributed by atoms with Crippen LogP contribution in [-0.2, 0) is 0 Å². The zero-order valence-electron chi connectivity index (χ0n) is 13.3. The Morgan fingerprint density at radius 2 is 2.22 bits per heavy atom. The van der Waals surface area contributed by atoms with Crippen molar-refractivity contribution in [1.29, 1.82) is 0 Å². The number of thioether (sulfide) groups is 1. The summed E-state index contributed by atoms with van der Waals surface area (Å²) in [6.45, 7) is 5.89. The van der Waals surface area contributed by atoms with E-state index in [-0.39, 0.29) is 0 Å². The van der Waals surface area contributed by atoms with E-state index in [1.165, 1.54) is 11.1 Å². The molecule has 0 spiro atoms. The van der Waals surface area contributed by atoms with Crippen LogP contribution in [0.2, 0.25) is 0 Å². The maximum absolute atomic E-state index is 5.24. The fraction of sp³-hybridized carbons (Fsp3) is 0.294. The van der Waals surface area contributed by atoms with Crippen molar-refractivity contribution >= 4 is 26.6 Å². The molecule has 23 heavy (non-hydrogen) atoms. The normalized spacial score (nSPS) is 18.7. The number of ether oxygens (including phenoxy) is 1. The Morgan fingerprint density at radius 1 is 1.43 bits per heavy atom. The summed E-state index contributed by atoms with van der Waals surface area (Å²) in [4.78, 5) is 0. The number of methoxy groups -OCH3 is 1. The molecule has 0 aliphatic carbocycles. The third kappa shape index (κ3) is 3.67. The Balaban J connectivity index is 1.83. The van der Waals surface area contributed by atoms with Crippen LogP contribution >= 0.6 is 20.5 Å². The van der Waals surface area contributed by atoms with Gasteiger partial charge in [0.2, 0.25) is 0 Å². The molecule has 2 aromatic rings. The summed E-state index contributed by atoms with van der Waals surface area (Å²) in [5.74, 6) is 2.88. The molecule has 2 heterocycles. The number of hydrogen-bond acceptors (Lipinski definition) is 4. The molecule has 1 aromatic carbocycles. The summed E-state index contributed by atoms with van der Waals surface area (Å²) in [7, 11) is 2.32. The molecule has 120 valence electrons. The Kier molecular flexibility index (Phi) is 5.19. The molecule has 1 aliphatic rings. The van der Waals surface area contributed by atoms with Crippen molar-refractivity contribution in [2.24, 2.45) is 0 Å². The standard InChI is InChI=1S/C17H20N3OPS/c1-4-5-12(2)10-16-18-19-17-20(16)22-15(11-23-17)13-6-8-14(21-3)9-7-13/h4,6-10,15,22H,1,5,11H2,2-3H3/b12-10+. The summed E-state index contributed by atoms with van der Waals surface area (Å²) in [6.07, 6.45) is 4.90. The van der Waals surface area contributed by atoms with Crippen molar-refractivity contribution < 1.29 is 4.74 Å². The zero-order valence-corrected chi connectivity index (χ0v) is 15.1. The van der Waals surface area contributed by atoms with Gasteiger partial charge in [0.15, 0.2) is 11.0 Å². The van der Waals surface area contributed by atoms with Crippen molar-refractivity contribution in [3.05, 3.63) is 53.9 Å². The number of allylic oxidation sites excluding steroid dienone is 2. The van der Waals surface area contributed by atoms with Gasteiger partial charge in [-0.25, -0.2) is 0 Å². The van der Waals surface area contributed by atoms with Crippen LogP contribution in [-0.4, -0.2) is 27.4 Å². The minimum Gasteiger partial charge on any atom is -0.497 e. The van der Waals surface area contributed by atoms with E-state index in [4.69, 9.17) is 4.74 Å². The van der Waals surface area contributed by atoms with Crippen LogP contribution in [0, 0.1) is 0 Å². The van der Waals surface area contributed by atoms with Crippen LogP contribution in [0.25, 0.3) is 6.08 Å². The van der Waals surface area contributed by atoms with E-state index in [2.05, 4.69) is 46.2 Å². The van der Waals surface area contributed by atoms with Gasteiger partial charge in [0.25, 0.3) is 0 Å². The van der Waals surface area contributed by atoms with Crippen LogP contribution in [0.15, 0.2) is 47.6 Å². The maximum Gasteiger partial charge on any atom is 0.194 e. The Labute approximate surface area is 142 Å². The number of benzene rings is 1. The van der Waals surface area contributed by atoms with E-state index in [1.807, 2.05) is 18.2 Å². The maximum atomic E-state index is 5.24. The SMILES string of the molecule is C=CC/C(C)=C/c1nnc2n1PC(c1ccc(OC)cc1)CS2. The lowest BCUT2D eigenvalue weighted by atomic mass is 10.1. The first-order valence-corrected chi connectivity index (χ1v) is 9.49. The third-order valence-electron chi connectivity index (χ3n) is 3.68. The first-order chi connectivity index (χ1) is 11.2. The van der Waals surface area contributed by atoms with Crippen LogP contribution in [0.3, 0.4) is 0 Å². The molecule has 1 aromatic heterocycles. The lowest BCUT2D eigenvalue weighted by Gasteiger charge is -2.23. The highest BCUT2D eigenvalue weighted by molar-refractivity contribution is 7.99. The first-order valence-electron chi connectivity index (χ1n) is 7.48. The van der Waals surface area contributed by atoms with Gasteiger partial charge in [-0.3, -0.25) is 4.34 Å². The van der Waals surface area contributed by atoms with Gasteiger partial charge in [0, 0.05) is 11.4 Å². The van der Waals surface area contributed by atoms with Gasteiger partial charge in [-0.2, -0.15) is 0 Å². The minimum absolute atomic E-state index is 0.487. The molecule has 3 rings (SSSR count). The molecule has 6 heteroatoms. The van der Waals surface area contributed by atoms with Crippen LogP contribution in [0.1, 0.15) is 30.4 Å². The van der Waals surface area contributed by atoms with Gasteiger partial charge in [-0.1, -0.05) is 35.5 Å². The molecule has 1 aliphatic heterocycles. The fourth-order valence-corrected chi connectivity index (χ4v) is 5.23. The van der Waals surface area contributed by atoms with Gasteiger partial charge in [-0.15, -0.1) is 16.8 Å². The second kappa shape index (κ2) is 7.33. The van der Waals surface area contributed by atoms with E-state index in [0.717, 1.165) is 28.9 Å². The second-order valence-electron chi connectivity index (χ2n) is 5.43. The zero-order chi connectivity index (χ0) is 16.2. The first kappa shape index (κ1) is 16.3. The molecule has 0 N–H and O–H groups in total.